The van der Waals surface area contributed by atoms with E-state index in [4.69, 9.17) is 0 Å². The van der Waals surface area contributed by atoms with Gasteiger partial charge in [-0.05, 0) is 56.8 Å². The van der Waals surface area contributed by atoms with Crippen molar-refractivity contribution < 1.29 is 4.79 Å². The van der Waals surface area contributed by atoms with Gasteiger partial charge in [-0.1, -0.05) is 0 Å². The molecule has 2 amide bonds. The molecule has 3 aliphatic carbocycles. The highest BCUT2D eigenvalue weighted by atomic mass is 16.2. The van der Waals surface area contributed by atoms with E-state index in [1.165, 1.54) is 19.3 Å². The monoisotopic (exact) mass is 222 g/mol. The molecule has 3 saturated carbocycles. The Morgan fingerprint density at radius 1 is 1.19 bits per heavy atom. The Balaban J connectivity index is 1.56. The molecule has 3 nitrogen and oxygen atoms in total. The quantitative estimate of drug-likeness (QED) is 0.779. The number of carbonyl (C=O) groups is 1. The van der Waals surface area contributed by atoms with Crippen molar-refractivity contribution in [3.8, 4) is 0 Å². The first-order valence-corrected chi connectivity index (χ1v) is 6.81. The highest BCUT2D eigenvalue weighted by Crippen LogP contribution is 2.65. The first kappa shape index (κ1) is 10.4. The molecule has 3 heteroatoms. The van der Waals surface area contributed by atoms with Gasteiger partial charge in [0, 0.05) is 19.1 Å². The maximum absolute atomic E-state index is 11.9. The van der Waals surface area contributed by atoms with Gasteiger partial charge < -0.3 is 10.2 Å². The van der Waals surface area contributed by atoms with E-state index >= 15 is 0 Å². The molecule has 2 bridgehead atoms. The molecule has 3 fully saturated rings. The molecule has 0 heterocycles. The lowest BCUT2D eigenvalue weighted by Gasteiger charge is -2.20. The second-order valence-corrected chi connectivity index (χ2v) is 5.64. The highest BCUT2D eigenvalue weighted by molar-refractivity contribution is 5.75. The zero-order chi connectivity index (χ0) is 11.3. The van der Waals surface area contributed by atoms with Crippen molar-refractivity contribution in [1.29, 1.82) is 0 Å². The van der Waals surface area contributed by atoms with Crippen LogP contribution >= 0.6 is 0 Å². The maximum Gasteiger partial charge on any atom is 0.317 e. The number of rotatable bonds is 3. The van der Waals surface area contributed by atoms with Gasteiger partial charge in [0.1, 0.15) is 0 Å². The third-order valence-corrected chi connectivity index (χ3v) is 5.08. The first-order valence-electron chi connectivity index (χ1n) is 6.81. The molecule has 3 rings (SSSR count). The summed E-state index contributed by atoms with van der Waals surface area (Å²) in [7, 11) is 0. The van der Waals surface area contributed by atoms with Gasteiger partial charge in [-0.2, -0.15) is 0 Å². The lowest BCUT2D eigenvalue weighted by Crippen LogP contribution is -2.42. The van der Waals surface area contributed by atoms with E-state index in [0.29, 0.717) is 6.04 Å². The summed E-state index contributed by atoms with van der Waals surface area (Å²) in [5.41, 5.74) is 0. The Hall–Kier alpha value is -0.730. The molecule has 0 aliphatic heterocycles. The van der Waals surface area contributed by atoms with E-state index < -0.39 is 0 Å². The third-order valence-electron chi connectivity index (χ3n) is 5.08. The number of fused-ring (bicyclic) bond motifs is 5. The topological polar surface area (TPSA) is 32.3 Å². The van der Waals surface area contributed by atoms with Crippen LogP contribution < -0.4 is 5.32 Å². The molecule has 0 saturated heterocycles. The van der Waals surface area contributed by atoms with Crippen LogP contribution in [0.15, 0.2) is 0 Å². The van der Waals surface area contributed by atoms with E-state index in [2.05, 4.69) is 5.32 Å². The van der Waals surface area contributed by atoms with Crippen molar-refractivity contribution in [2.24, 2.45) is 23.7 Å². The number of nitrogens with one attached hydrogen (secondary N) is 1. The normalized spacial score (nSPS) is 43.0. The van der Waals surface area contributed by atoms with Gasteiger partial charge >= 0.3 is 6.03 Å². The average Bonchev–Trinajstić information content (AvgIpc) is 2.71. The second-order valence-electron chi connectivity index (χ2n) is 5.64. The van der Waals surface area contributed by atoms with E-state index in [1.54, 1.807) is 0 Å². The first-order chi connectivity index (χ1) is 7.76. The minimum Gasteiger partial charge on any atom is -0.335 e. The van der Waals surface area contributed by atoms with Gasteiger partial charge in [0.2, 0.25) is 0 Å². The van der Waals surface area contributed by atoms with Crippen molar-refractivity contribution in [2.45, 2.75) is 39.2 Å². The standard InChI is InChI=1S/C13H22N2O/c1-3-15(4-2)13(16)14-12-10-8-5-6-9(7-8)11(10)12/h8-12H,3-7H2,1-2H3,(H,14,16). The summed E-state index contributed by atoms with van der Waals surface area (Å²) in [5, 5.41) is 3.25. The summed E-state index contributed by atoms with van der Waals surface area (Å²) in [6.07, 6.45) is 4.29. The van der Waals surface area contributed by atoms with Gasteiger partial charge in [-0.3, -0.25) is 0 Å². The fourth-order valence-electron chi connectivity index (χ4n) is 4.26. The number of urea groups is 1. The van der Waals surface area contributed by atoms with Gasteiger partial charge in [0.05, 0.1) is 0 Å². The van der Waals surface area contributed by atoms with Gasteiger partial charge in [-0.25, -0.2) is 4.79 Å². The van der Waals surface area contributed by atoms with Gasteiger partial charge in [-0.15, -0.1) is 0 Å². The largest absolute Gasteiger partial charge is 0.335 e. The smallest absolute Gasteiger partial charge is 0.317 e. The summed E-state index contributed by atoms with van der Waals surface area (Å²) < 4.78 is 0. The van der Waals surface area contributed by atoms with Crippen molar-refractivity contribution >= 4 is 6.03 Å². The summed E-state index contributed by atoms with van der Waals surface area (Å²) in [4.78, 5) is 13.8. The number of hydrogen-bond acceptors (Lipinski definition) is 1. The van der Waals surface area contributed by atoms with Crippen LogP contribution in [0.4, 0.5) is 4.79 Å². The van der Waals surface area contributed by atoms with Crippen LogP contribution in [0, 0.1) is 23.7 Å². The predicted octanol–water partition coefficient (Wildman–Crippen LogP) is 2.08. The maximum atomic E-state index is 11.9. The van der Waals surface area contributed by atoms with Crippen molar-refractivity contribution in [2.75, 3.05) is 13.1 Å². The molecule has 4 unspecified atom stereocenters. The van der Waals surface area contributed by atoms with Crippen LogP contribution in [0.2, 0.25) is 0 Å². The minimum absolute atomic E-state index is 0.156. The second kappa shape index (κ2) is 3.64. The van der Waals surface area contributed by atoms with Crippen molar-refractivity contribution in [3.63, 3.8) is 0 Å². The molecule has 16 heavy (non-hydrogen) atoms. The molecule has 0 radical (unpaired) electrons. The van der Waals surface area contributed by atoms with Crippen LogP contribution in [0.3, 0.4) is 0 Å². The van der Waals surface area contributed by atoms with E-state index in [-0.39, 0.29) is 6.03 Å². The Labute approximate surface area is 97.6 Å². The molecular formula is C13H22N2O. The van der Waals surface area contributed by atoms with Crippen LogP contribution in [-0.2, 0) is 0 Å². The molecule has 0 aromatic carbocycles. The summed E-state index contributed by atoms with van der Waals surface area (Å²) in [6.45, 7) is 5.72. The Morgan fingerprint density at radius 3 is 2.25 bits per heavy atom. The lowest BCUT2D eigenvalue weighted by molar-refractivity contribution is 0.200. The Kier molecular flexibility index (Phi) is 2.37. The van der Waals surface area contributed by atoms with E-state index in [1.807, 2.05) is 18.7 Å². The lowest BCUT2D eigenvalue weighted by atomic mass is 10.0. The number of nitrogens with zero attached hydrogens (tertiary/aromatic N) is 1. The van der Waals surface area contributed by atoms with Crippen LogP contribution in [-0.4, -0.2) is 30.1 Å². The molecular weight excluding hydrogens is 200 g/mol. The molecule has 1 N–H and O–H groups in total. The zero-order valence-electron chi connectivity index (χ0n) is 10.3. The summed E-state index contributed by atoms with van der Waals surface area (Å²) >= 11 is 0. The third kappa shape index (κ3) is 1.36. The predicted molar refractivity (Wildman–Crippen MR) is 63.1 cm³/mol. The Morgan fingerprint density at radius 2 is 1.75 bits per heavy atom. The summed E-state index contributed by atoms with van der Waals surface area (Å²) in [6, 6.07) is 0.683. The van der Waals surface area contributed by atoms with Crippen LogP contribution in [0.5, 0.6) is 0 Å². The Bertz CT molecular complexity index is 284. The fraction of sp³-hybridized carbons (Fsp3) is 0.923. The molecule has 3 aliphatic rings. The molecule has 0 aromatic rings. The van der Waals surface area contributed by atoms with Gasteiger partial charge in [0.25, 0.3) is 0 Å². The van der Waals surface area contributed by atoms with Crippen molar-refractivity contribution in [1.82, 2.24) is 10.2 Å². The average molecular weight is 222 g/mol. The number of hydrogen-bond donors (Lipinski definition) is 1. The van der Waals surface area contributed by atoms with Gasteiger partial charge in [0.15, 0.2) is 0 Å². The molecule has 0 aromatic heterocycles. The molecule has 0 spiro atoms. The van der Waals surface area contributed by atoms with Crippen molar-refractivity contribution in [3.05, 3.63) is 0 Å². The SMILES string of the molecule is CCN(CC)C(=O)NC1C2C3CCC(C3)C12. The molecule has 90 valence electrons. The van der Waals surface area contributed by atoms with E-state index in [9.17, 15) is 4.79 Å². The van der Waals surface area contributed by atoms with E-state index in [0.717, 1.165) is 36.8 Å². The minimum atomic E-state index is 0.156. The number of amides is 2. The highest BCUT2D eigenvalue weighted by Gasteiger charge is 2.65. The number of carbonyl (C=O) groups excluding carboxylic acids is 1. The van der Waals surface area contributed by atoms with Crippen LogP contribution in [0.25, 0.3) is 0 Å². The van der Waals surface area contributed by atoms with Crippen LogP contribution in [0.1, 0.15) is 33.1 Å². The zero-order valence-corrected chi connectivity index (χ0v) is 10.3. The summed E-state index contributed by atoms with van der Waals surface area (Å²) in [5.74, 6) is 3.57. The molecule has 4 atom stereocenters. The fourth-order valence-corrected chi connectivity index (χ4v) is 4.26.